The molecule has 0 saturated heterocycles. The summed E-state index contributed by atoms with van der Waals surface area (Å²) in [6, 6.07) is 2.28. The first-order valence-corrected chi connectivity index (χ1v) is 6.30. The predicted molar refractivity (Wildman–Crippen MR) is 67.4 cm³/mol. The second kappa shape index (κ2) is 6.68. The van der Waals surface area contributed by atoms with Crippen LogP contribution < -0.4 is 10.1 Å². The largest absolute Gasteiger partial charge is 0.481 e. The van der Waals surface area contributed by atoms with E-state index < -0.39 is 11.6 Å². The Hall–Kier alpha value is -1.17. The third-order valence-corrected chi connectivity index (χ3v) is 2.80. The number of carbonyl (C=O) groups is 1. The van der Waals surface area contributed by atoms with Crippen molar-refractivity contribution in [2.24, 2.45) is 0 Å². The van der Waals surface area contributed by atoms with Crippen LogP contribution in [0.5, 0.6) is 5.75 Å². The molecule has 0 saturated carbocycles. The monoisotopic (exact) mass is 321 g/mol. The fraction of sp³-hybridized carbons (Fsp3) is 0.417. The number of hydrogen-bond donors (Lipinski definition) is 1. The van der Waals surface area contributed by atoms with Crippen LogP contribution in [0.2, 0.25) is 0 Å². The predicted octanol–water partition coefficient (Wildman–Crippen LogP) is 3.02. The van der Waals surface area contributed by atoms with E-state index in [0.717, 1.165) is 12.5 Å². The summed E-state index contributed by atoms with van der Waals surface area (Å²) in [6.45, 7) is 3.42. The molecule has 1 aromatic carbocycles. The van der Waals surface area contributed by atoms with Gasteiger partial charge >= 0.3 is 0 Å². The molecule has 0 fully saturated rings. The van der Waals surface area contributed by atoms with Crippen LogP contribution in [0.3, 0.4) is 0 Å². The van der Waals surface area contributed by atoms with Gasteiger partial charge in [-0.05, 0) is 25.5 Å². The number of carbonyl (C=O) groups excluding carboxylic acids is 1. The normalized spacial score (nSPS) is 12.1. The van der Waals surface area contributed by atoms with Crippen LogP contribution in [0, 0.1) is 11.6 Å². The van der Waals surface area contributed by atoms with Gasteiger partial charge < -0.3 is 10.1 Å². The minimum atomic E-state index is -1.10. The van der Waals surface area contributed by atoms with Crippen LogP contribution in [-0.4, -0.2) is 18.6 Å². The number of amides is 1. The lowest BCUT2D eigenvalue weighted by atomic mass is 10.2. The quantitative estimate of drug-likeness (QED) is 0.847. The Morgan fingerprint density at radius 3 is 2.78 bits per heavy atom. The molecule has 1 rings (SSSR count). The summed E-state index contributed by atoms with van der Waals surface area (Å²) in [6.07, 6.45) is 0.783. The number of rotatable bonds is 5. The molecular formula is C12H14BrF2NO2. The van der Waals surface area contributed by atoms with Gasteiger partial charge in [0.05, 0.1) is 0 Å². The first kappa shape index (κ1) is 14.9. The van der Waals surface area contributed by atoms with E-state index >= 15 is 0 Å². The standard InChI is InChI=1S/C12H14BrF2NO2/c1-3-7(2)16-11(17)6-18-10-5-8(13)4-9(14)12(10)15/h4-5,7H,3,6H2,1-2H3,(H,16,17). The lowest BCUT2D eigenvalue weighted by Gasteiger charge is -2.12. The van der Waals surface area contributed by atoms with Gasteiger partial charge in [-0.15, -0.1) is 0 Å². The average Bonchev–Trinajstić information content (AvgIpc) is 2.31. The fourth-order valence-electron chi connectivity index (χ4n) is 1.20. The van der Waals surface area contributed by atoms with Gasteiger partial charge in [0.25, 0.3) is 5.91 Å². The molecule has 100 valence electrons. The molecule has 0 heterocycles. The summed E-state index contributed by atoms with van der Waals surface area (Å²) in [4.78, 5) is 11.4. The van der Waals surface area contributed by atoms with E-state index in [-0.39, 0.29) is 24.3 Å². The van der Waals surface area contributed by atoms with E-state index in [1.165, 1.54) is 6.07 Å². The van der Waals surface area contributed by atoms with Crippen molar-refractivity contribution in [3.05, 3.63) is 28.2 Å². The maximum absolute atomic E-state index is 13.3. The molecule has 0 aliphatic carbocycles. The van der Waals surface area contributed by atoms with Gasteiger partial charge in [0.15, 0.2) is 18.2 Å². The summed E-state index contributed by atoms with van der Waals surface area (Å²) in [5.41, 5.74) is 0. The van der Waals surface area contributed by atoms with Gasteiger partial charge in [0.2, 0.25) is 5.82 Å². The molecule has 0 radical (unpaired) electrons. The zero-order valence-corrected chi connectivity index (χ0v) is 11.7. The number of nitrogens with one attached hydrogen (secondary N) is 1. The summed E-state index contributed by atoms with van der Waals surface area (Å²) < 4.78 is 31.6. The van der Waals surface area contributed by atoms with Crippen LogP contribution in [0.1, 0.15) is 20.3 Å². The Bertz CT molecular complexity index is 440. The molecule has 0 aromatic heterocycles. The van der Waals surface area contributed by atoms with Crippen molar-refractivity contribution in [2.75, 3.05) is 6.61 Å². The molecule has 0 aliphatic heterocycles. The summed E-state index contributed by atoms with van der Waals surface area (Å²) in [7, 11) is 0. The maximum atomic E-state index is 13.3. The zero-order chi connectivity index (χ0) is 13.7. The SMILES string of the molecule is CCC(C)NC(=O)COc1cc(Br)cc(F)c1F. The molecule has 3 nitrogen and oxygen atoms in total. The Kier molecular flexibility index (Phi) is 5.53. The fourth-order valence-corrected chi connectivity index (χ4v) is 1.61. The van der Waals surface area contributed by atoms with Gasteiger partial charge in [-0.1, -0.05) is 22.9 Å². The summed E-state index contributed by atoms with van der Waals surface area (Å²) in [5.74, 6) is -2.79. The molecular weight excluding hydrogens is 308 g/mol. The molecule has 1 atom stereocenters. The lowest BCUT2D eigenvalue weighted by Crippen LogP contribution is -2.35. The van der Waals surface area contributed by atoms with Crippen molar-refractivity contribution >= 4 is 21.8 Å². The van der Waals surface area contributed by atoms with Gasteiger partial charge in [-0.2, -0.15) is 4.39 Å². The van der Waals surface area contributed by atoms with E-state index in [1.807, 2.05) is 13.8 Å². The molecule has 0 spiro atoms. The number of benzene rings is 1. The Balaban J connectivity index is 2.61. The highest BCUT2D eigenvalue weighted by atomic mass is 79.9. The lowest BCUT2D eigenvalue weighted by molar-refractivity contribution is -0.123. The number of hydrogen-bond acceptors (Lipinski definition) is 2. The van der Waals surface area contributed by atoms with Crippen LogP contribution >= 0.6 is 15.9 Å². The van der Waals surface area contributed by atoms with Crippen LogP contribution in [0.4, 0.5) is 8.78 Å². The Morgan fingerprint density at radius 1 is 1.50 bits per heavy atom. The van der Waals surface area contributed by atoms with Crippen molar-refractivity contribution in [1.82, 2.24) is 5.32 Å². The van der Waals surface area contributed by atoms with E-state index in [0.29, 0.717) is 4.47 Å². The zero-order valence-electron chi connectivity index (χ0n) is 10.1. The highest BCUT2D eigenvalue weighted by Gasteiger charge is 2.13. The Labute approximate surface area is 113 Å². The highest BCUT2D eigenvalue weighted by molar-refractivity contribution is 9.10. The second-order valence-corrected chi connectivity index (χ2v) is 4.78. The number of ether oxygens (including phenoxy) is 1. The molecule has 1 aromatic rings. The third kappa shape index (κ3) is 4.25. The highest BCUT2D eigenvalue weighted by Crippen LogP contribution is 2.25. The minimum Gasteiger partial charge on any atom is -0.481 e. The molecule has 1 unspecified atom stereocenters. The van der Waals surface area contributed by atoms with E-state index in [4.69, 9.17) is 4.74 Å². The minimum absolute atomic E-state index is 0.0187. The van der Waals surface area contributed by atoms with E-state index in [1.54, 1.807) is 0 Å². The average molecular weight is 322 g/mol. The molecule has 0 aliphatic rings. The Morgan fingerprint density at radius 2 is 2.17 bits per heavy atom. The van der Waals surface area contributed by atoms with Crippen molar-refractivity contribution in [1.29, 1.82) is 0 Å². The topological polar surface area (TPSA) is 38.3 Å². The van der Waals surface area contributed by atoms with Gasteiger partial charge in [0, 0.05) is 10.5 Å². The summed E-state index contributed by atoms with van der Waals surface area (Å²) in [5, 5.41) is 2.66. The van der Waals surface area contributed by atoms with Crippen molar-refractivity contribution in [3.63, 3.8) is 0 Å². The first-order chi connectivity index (χ1) is 8.43. The van der Waals surface area contributed by atoms with E-state index in [9.17, 15) is 13.6 Å². The third-order valence-electron chi connectivity index (χ3n) is 2.34. The smallest absolute Gasteiger partial charge is 0.258 e. The van der Waals surface area contributed by atoms with Gasteiger partial charge in [0.1, 0.15) is 0 Å². The van der Waals surface area contributed by atoms with Crippen molar-refractivity contribution in [3.8, 4) is 5.75 Å². The van der Waals surface area contributed by atoms with E-state index in [2.05, 4.69) is 21.2 Å². The van der Waals surface area contributed by atoms with Crippen molar-refractivity contribution in [2.45, 2.75) is 26.3 Å². The summed E-state index contributed by atoms with van der Waals surface area (Å²) >= 11 is 3.02. The first-order valence-electron chi connectivity index (χ1n) is 5.50. The molecule has 1 N–H and O–H groups in total. The van der Waals surface area contributed by atoms with Crippen LogP contribution in [0.25, 0.3) is 0 Å². The van der Waals surface area contributed by atoms with Crippen LogP contribution in [0.15, 0.2) is 16.6 Å². The van der Waals surface area contributed by atoms with Crippen LogP contribution in [-0.2, 0) is 4.79 Å². The van der Waals surface area contributed by atoms with Gasteiger partial charge in [-0.3, -0.25) is 4.79 Å². The molecule has 6 heteroatoms. The van der Waals surface area contributed by atoms with Crippen molar-refractivity contribution < 1.29 is 18.3 Å². The molecule has 18 heavy (non-hydrogen) atoms. The van der Waals surface area contributed by atoms with Gasteiger partial charge in [-0.25, -0.2) is 4.39 Å². The molecule has 1 amide bonds. The molecule has 0 bridgehead atoms. The second-order valence-electron chi connectivity index (χ2n) is 3.87. The number of halogens is 3. The maximum Gasteiger partial charge on any atom is 0.258 e.